The quantitative estimate of drug-likeness (QED) is 0.733. The Labute approximate surface area is 96.5 Å². The lowest BCUT2D eigenvalue weighted by Crippen LogP contribution is -2.45. The highest BCUT2D eigenvalue weighted by Gasteiger charge is 2.40. The third kappa shape index (κ3) is 5.37. The zero-order valence-electron chi connectivity index (χ0n) is 9.47. The van der Waals surface area contributed by atoms with Crippen LogP contribution in [0.5, 0.6) is 0 Å². The molecule has 17 heavy (non-hydrogen) atoms. The van der Waals surface area contributed by atoms with E-state index in [1.54, 1.807) is 19.2 Å². The lowest BCUT2D eigenvalue weighted by Gasteiger charge is -2.22. The largest absolute Gasteiger partial charge is 0.478 e. The maximum atomic E-state index is 12.0. The van der Waals surface area contributed by atoms with Gasteiger partial charge in [0.05, 0.1) is 0 Å². The first kappa shape index (κ1) is 15.5. The van der Waals surface area contributed by atoms with Crippen molar-refractivity contribution in [3.05, 3.63) is 12.2 Å². The zero-order valence-corrected chi connectivity index (χ0v) is 9.47. The third-order valence-electron chi connectivity index (χ3n) is 2.15. The molecule has 0 rings (SSSR count). The van der Waals surface area contributed by atoms with E-state index in [4.69, 9.17) is 5.11 Å². The van der Waals surface area contributed by atoms with Gasteiger partial charge in [0.2, 0.25) is 0 Å². The maximum absolute atomic E-state index is 12.0. The molecule has 0 aromatic rings. The smallest absolute Gasteiger partial charge is 0.471 e. The van der Waals surface area contributed by atoms with E-state index in [9.17, 15) is 22.8 Å². The Morgan fingerprint density at radius 2 is 1.82 bits per heavy atom. The Kier molecular flexibility index (Phi) is 5.18. The van der Waals surface area contributed by atoms with Gasteiger partial charge < -0.3 is 10.4 Å². The molecule has 0 saturated carbocycles. The van der Waals surface area contributed by atoms with E-state index in [1.807, 2.05) is 0 Å². The van der Waals surface area contributed by atoms with Gasteiger partial charge in [-0.3, -0.25) is 4.79 Å². The van der Waals surface area contributed by atoms with Crippen LogP contribution in [0.3, 0.4) is 0 Å². The number of amides is 1. The highest BCUT2D eigenvalue weighted by atomic mass is 19.4. The van der Waals surface area contributed by atoms with Crippen molar-refractivity contribution in [2.24, 2.45) is 5.92 Å². The number of halogens is 3. The SMILES string of the molecule is C=C(C[C@@H](NC(=O)C(F)(F)F)C(C)C)C(=O)O. The number of carboxylic acids is 1. The molecule has 4 nitrogen and oxygen atoms in total. The van der Waals surface area contributed by atoms with Crippen molar-refractivity contribution in [2.45, 2.75) is 32.5 Å². The van der Waals surface area contributed by atoms with Crippen LogP contribution in [0, 0.1) is 5.92 Å². The minimum Gasteiger partial charge on any atom is -0.478 e. The van der Waals surface area contributed by atoms with Gasteiger partial charge in [0.15, 0.2) is 0 Å². The number of hydrogen-bond acceptors (Lipinski definition) is 2. The first-order valence-corrected chi connectivity index (χ1v) is 4.84. The molecule has 0 radical (unpaired) electrons. The van der Waals surface area contributed by atoms with E-state index < -0.39 is 24.1 Å². The van der Waals surface area contributed by atoms with E-state index in [-0.39, 0.29) is 17.9 Å². The molecule has 0 aromatic carbocycles. The molecule has 0 aliphatic heterocycles. The summed E-state index contributed by atoms with van der Waals surface area (Å²) in [6.07, 6.45) is -5.20. The molecule has 0 aliphatic rings. The van der Waals surface area contributed by atoms with Crippen molar-refractivity contribution in [1.82, 2.24) is 5.32 Å². The lowest BCUT2D eigenvalue weighted by molar-refractivity contribution is -0.174. The fourth-order valence-electron chi connectivity index (χ4n) is 1.06. The van der Waals surface area contributed by atoms with Crippen LogP contribution in [0.2, 0.25) is 0 Å². The van der Waals surface area contributed by atoms with Gasteiger partial charge in [0, 0.05) is 11.6 Å². The monoisotopic (exact) mass is 253 g/mol. The number of hydrogen-bond donors (Lipinski definition) is 2. The molecule has 2 N–H and O–H groups in total. The van der Waals surface area contributed by atoms with Crippen LogP contribution in [0.15, 0.2) is 12.2 Å². The van der Waals surface area contributed by atoms with Gasteiger partial charge >= 0.3 is 18.1 Å². The molecule has 0 spiro atoms. The molecule has 98 valence electrons. The van der Waals surface area contributed by atoms with Crippen LogP contribution in [0.4, 0.5) is 13.2 Å². The molecular weight excluding hydrogens is 239 g/mol. The van der Waals surface area contributed by atoms with Crippen LogP contribution in [-0.4, -0.2) is 29.2 Å². The molecule has 1 atom stereocenters. The van der Waals surface area contributed by atoms with Gasteiger partial charge in [-0.1, -0.05) is 20.4 Å². The molecule has 0 aliphatic carbocycles. The van der Waals surface area contributed by atoms with Crippen LogP contribution in [0.1, 0.15) is 20.3 Å². The van der Waals surface area contributed by atoms with E-state index in [0.29, 0.717) is 0 Å². The predicted molar refractivity (Wildman–Crippen MR) is 54.2 cm³/mol. The zero-order chi connectivity index (χ0) is 13.8. The Morgan fingerprint density at radius 1 is 1.35 bits per heavy atom. The first-order valence-electron chi connectivity index (χ1n) is 4.84. The number of nitrogens with one attached hydrogen (secondary N) is 1. The summed E-state index contributed by atoms with van der Waals surface area (Å²) in [6.45, 7) is 6.37. The summed E-state index contributed by atoms with van der Waals surface area (Å²) in [7, 11) is 0. The van der Waals surface area contributed by atoms with E-state index in [1.165, 1.54) is 0 Å². The van der Waals surface area contributed by atoms with Gasteiger partial charge in [-0.05, 0) is 12.3 Å². The summed E-state index contributed by atoms with van der Waals surface area (Å²) in [5.41, 5.74) is -0.244. The van der Waals surface area contributed by atoms with Gasteiger partial charge in [-0.25, -0.2) is 4.79 Å². The normalized spacial score (nSPS) is 13.3. The molecule has 0 bridgehead atoms. The number of alkyl halides is 3. The van der Waals surface area contributed by atoms with Crippen molar-refractivity contribution in [2.75, 3.05) is 0 Å². The Morgan fingerprint density at radius 3 is 2.12 bits per heavy atom. The summed E-state index contributed by atoms with van der Waals surface area (Å²) in [5.74, 6) is -3.70. The van der Waals surface area contributed by atoms with Crippen molar-refractivity contribution in [3.8, 4) is 0 Å². The standard InChI is InChI=1S/C10H14F3NO3/c1-5(2)7(4-6(3)8(15)16)14-9(17)10(11,12)13/h5,7H,3-4H2,1-2H3,(H,14,17)(H,15,16)/t7-/m1/s1. The topological polar surface area (TPSA) is 66.4 Å². The predicted octanol–water partition coefficient (Wildman–Crippen LogP) is 1.72. The van der Waals surface area contributed by atoms with Gasteiger partial charge in [-0.15, -0.1) is 0 Å². The van der Waals surface area contributed by atoms with Gasteiger partial charge in [-0.2, -0.15) is 13.2 Å². The summed E-state index contributed by atoms with van der Waals surface area (Å²) < 4.78 is 36.1. The van der Waals surface area contributed by atoms with Crippen LogP contribution < -0.4 is 5.32 Å². The van der Waals surface area contributed by atoms with Gasteiger partial charge in [0.25, 0.3) is 0 Å². The molecule has 0 fully saturated rings. The number of carbonyl (C=O) groups excluding carboxylic acids is 1. The van der Waals surface area contributed by atoms with Crippen LogP contribution >= 0.6 is 0 Å². The number of aliphatic carboxylic acids is 1. The summed E-state index contributed by atoms with van der Waals surface area (Å²) in [5, 5.41) is 10.3. The van der Waals surface area contributed by atoms with E-state index in [0.717, 1.165) is 0 Å². The summed E-state index contributed by atoms with van der Waals surface area (Å²) >= 11 is 0. The summed E-state index contributed by atoms with van der Waals surface area (Å²) in [4.78, 5) is 21.2. The second-order valence-electron chi connectivity index (χ2n) is 3.93. The van der Waals surface area contributed by atoms with Crippen LogP contribution in [-0.2, 0) is 9.59 Å². The van der Waals surface area contributed by atoms with Crippen LogP contribution in [0.25, 0.3) is 0 Å². The molecule has 1 amide bonds. The average Bonchev–Trinajstić information content (AvgIpc) is 2.14. The number of carbonyl (C=O) groups is 2. The molecule has 7 heteroatoms. The Bertz CT molecular complexity index is 323. The minimum atomic E-state index is -4.97. The summed E-state index contributed by atoms with van der Waals surface area (Å²) in [6, 6.07) is -0.910. The average molecular weight is 253 g/mol. The lowest BCUT2D eigenvalue weighted by atomic mass is 9.97. The molecule has 0 unspecified atom stereocenters. The molecular formula is C10H14F3NO3. The maximum Gasteiger partial charge on any atom is 0.471 e. The molecule has 0 heterocycles. The van der Waals surface area contributed by atoms with E-state index in [2.05, 4.69) is 6.58 Å². The third-order valence-corrected chi connectivity index (χ3v) is 2.15. The fraction of sp³-hybridized carbons (Fsp3) is 0.600. The molecule has 0 aromatic heterocycles. The fourth-order valence-corrected chi connectivity index (χ4v) is 1.06. The van der Waals surface area contributed by atoms with Crippen molar-refractivity contribution < 1.29 is 27.9 Å². The van der Waals surface area contributed by atoms with Crippen molar-refractivity contribution in [1.29, 1.82) is 0 Å². The minimum absolute atomic E-state index is 0.227. The van der Waals surface area contributed by atoms with Crippen molar-refractivity contribution >= 4 is 11.9 Å². The molecule has 0 saturated heterocycles. The van der Waals surface area contributed by atoms with E-state index >= 15 is 0 Å². The Hall–Kier alpha value is -1.53. The highest BCUT2D eigenvalue weighted by molar-refractivity contribution is 5.86. The second-order valence-corrected chi connectivity index (χ2v) is 3.93. The highest BCUT2D eigenvalue weighted by Crippen LogP contribution is 2.18. The first-order chi connectivity index (χ1) is 7.55. The van der Waals surface area contributed by atoms with Gasteiger partial charge in [0.1, 0.15) is 0 Å². The Balaban J connectivity index is 4.62. The second kappa shape index (κ2) is 5.70. The van der Waals surface area contributed by atoms with Crippen molar-refractivity contribution in [3.63, 3.8) is 0 Å². The number of rotatable bonds is 5. The number of carboxylic acid groups (broad SMARTS) is 1.